The molecule has 1 saturated carbocycles. The predicted octanol–water partition coefficient (Wildman–Crippen LogP) is 2.27. The second kappa shape index (κ2) is 5.05. The second-order valence-electron chi connectivity index (χ2n) is 4.99. The van der Waals surface area contributed by atoms with E-state index in [1.165, 1.54) is 18.4 Å². The molecule has 1 unspecified atom stereocenters. The van der Waals surface area contributed by atoms with Gasteiger partial charge in [0.25, 0.3) is 0 Å². The third-order valence-corrected chi connectivity index (χ3v) is 3.48. The zero-order chi connectivity index (χ0) is 13.2. The molecule has 1 aromatic carbocycles. The van der Waals surface area contributed by atoms with Gasteiger partial charge in [0.15, 0.2) is 0 Å². The Balaban J connectivity index is 1.81. The van der Waals surface area contributed by atoms with Gasteiger partial charge in [-0.3, -0.25) is 4.68 Å². The summed E-state index contributed by atoms with van der Waals surface area (Å²) in [5, 5.41) is 7.56. The first-order valence-electron chi connectivity index (χ1n) is 6.69. The summed E-state index contributed by atoms with van der Waals surface area (Å²) in [5.74, 6) is 0.964. The van der Waals surface area contributed by atoms with Gasteiger partial charge in [-0.1, -0.05) is 12.1 Å². The maximum Gasteiger partial charge on any atom is 0.119 e. The Morgan fingerprint density at radius 3 is 2.53 bits per heavy atom. The minimum atomic E-state index is 0.155. The largest absolute Gasteiger partial charge is 0.490 e. The van der Waals surface area contributed by atoms with Crippen LogP contribution in [0.3, 0.4) is 0 Å². The fourth-order valence-corrected chi connectivity index (χ4v) is 2.27. The predicted molar refractivity (Wildman–Crippen MR) is 74.2 cm³/mol. The fourth-order valence-electron chi connectivity index (χ4n) is 2.27. The molecule has 1 N–H and O–H groups in total. The number of hydrogen-bond acceptors (Lipinski definition) is 3. The Morgan fingerprint density at radius 1 is 1.26 bits per heavy atom. The first-order chi connectivity index (χ1) is 9.28. The van der Waals surface area contributed by atoms with Crippen LogP contribution in [0.15, 0.2) is 36.5 Å². The molecule has 1 heterocycles. The SMILES string of the molecule is CNC(c1ccc(OC2CC2)cc1)c1ccnn1C. The summed E-state index contributed by atoms with van der Waals surface area (Å²) < 4.78 is 7.67. The number of nitrogens with zero attached hydrogens (tertiary/aromatic N) is 2. The summed E-state index contributed by atoms with van der Waals surface area (Å²) in [4.78, 5) is 0. The molecule has 0 saturated heterocycles. The highest BCUT2D eigenvalue weighted by molar-refractivity contribution is 5.33. The van der Waals surface area contributed by atoms with Crippen LogP contribution < -0.4 is 10.1 Å². The topological polar surface area (TPSA) is 39.1 Å². The molecule has 1 aromatic heterocycles. The number of benzene rings is 1. The smallest absolute Gasteiger partial charge is 0.119 e. The van der Waals surface area contributed by atoms with Gasteiger partial charge in [-0.25, -0.2) is 0 Å². The van der Waals surface area contributed by atoms with Crippen molar-refractivity contribution in [3.63, 3.8) is 0 Å². The van der Waals surface area contributed by atoms with Crippen LogP contribution in [0, 0.1) is 0 Å². The van der Waals surface area contributed by atoms with Crippen LogP contribution >= 0.6 is 0 Å². The van der Waals surface area contributed by atoms with E-state index in [0.29, 0.717) is 6.10 Å². The van der Waals surface area contributed by atoms with Crippen molar-refractivity contribution in [2.45, 2.75) is 25.0 Å². The average molecular weight is 257 g/mol. The average Bonchev–Trinajstić information content (AvgIpc) is 3.14. The minimum absolute atomic E-state index is 0.155. The third kappa shape index (κ3) is 2.63. The number of aromatic nitrogens is 2. The molecule has 1 aliphatic carbocycles. The molecule has 0 aliphatic heterocycles. The molecule has 19 heavy (non-hydrogen) atoms. The van der Waals surface area contributed by atoms with Gasteiger partial charge in [0.2, 0.25) is 0 Å². The monoisotopic (exact) mass is 257 g/mol. The van der Waals surface area contributed by atoms with Crippen molar-refractivity contribution in [3.8, 4) is 5.75 Å². The zero-order valence-corrected chi connectivity index (χ0v) is 11.3. The number of nitrogens with one attached hydrogen (secondary N) is 1. The van der Waals surface area contributed by atoms with E-state index in [2.05, 4.69) is 22.5 Å². The molecular formula is C15H19N3O. The Labute approximate surface area is 113 Å². The summed E-state index contributed by atoms with van der Waals surface area (Å²) >= 11 is 0. The number of aryl methyl sites for hydroxylation is 1. The van der Waals surface area contributed by atoms with Gasteiger partial charge in [0.05, 0.1) is 17.8 Å². The Bertz CT molecular complexity index is 543. The summed E-state index contributed by atoms with van der Waals surface area (Å²) in [6.45, 7) is 0. The zero-order valence-electron chi connectivity index (χ0n) is 11.3. The van der Waals surface area contributed by atoms with Crippen LogP contribution in [-0.4, -0.2) is 22.9 Å². The van der Waals surface area contributed by atoms with Crippen molar-refractivity contribution in [2.75, 3.05) is 7.05 Å². The van der Waals surface area contributed by atoms with E-state index in [9.17, 15) is 0 Å². The Hall–Kier alpha value is -1.81. The summed E-state index contributed by atoms with van der Waals surface area (Å²) in [6.07, 6.45) is 4.65. The van der Waals surface area contributed by atoms with Crippen molar-refractivity contribution in [2.24, 2.45) is 7.05 Å². The van der Waals surface area contributed by atoms with E-state index in [1.54, 1.807) is 0 Å². The molecule has 2 aromatic rings. The van der Waals surface area contributed by atoms with Crippen molar-refractivity contribution >= 4 is 0 Å². The summed E-state index contributed by atoms with van der Waals surface area (Å²) in [7, 11) is 3.93. The third-order valence-electron chi connectivity index (χ3n) is 3.48. The van der Waals surface area contributed by atoms with Gasteiger partial charge >= 0.3 is 0 Å². The first-order valence-corrected chi connectivity index (χ1v) is 6.69. The Morgan fingerprint density at radius 2 is 2.00 bits per heavy atom. The van der Waals surface area contributed by atoms with E-state index in [4.69, 9.17) is 4.74 Å². The van der Waals surface area contributed by atoms with Crippen LogP contribution in [0.4, 0.5) is 0 Å². The lowest BCUT2D eigenvalue weighted by Crippen LogP contribution is -2.20. The molecule has 100 valence electrons. The van der Waals surface area contributed by atoms with E-state index >= 15 is 0 Å². The maximum absolute atomic E-state index is 5.77. The van der Waals surface area contributed by atoms with E-state index in [0.717, 1.165) is 11.4 Å². The van der Waals surface area contributed by atoms with Crippen LogP contribution in [-0.2, 0) is 7.05 Å². The maximum atomic E-state index is 5.77. The number of rotatable bonds is 5. The van der Waals surface area contributed by atoms with Gasteiger partial charge in [0.1, 0.15) is 5.75 Å². The van der Waals surface area contributed by atoms with Crippen LogP contribution in [0.5, 0.6) is 5.75 Å². The summed E-state index contributed by atoms with van der Waals surface area (Å²) in [5.41, 5.74) is 2.37. The minimum Gasteiger partial charge on any atom is -0.490 e. The van der Waals surface area contributed by atoms with Crippen molar-refractivity contribution in [3.05, 3.63) is 47.8 Å². The lowest BCUT2D eigenvalue weighted by Gasteiger charge is -2.17. The quantitative estimate of drug-likeness (QED) is 0.893. The van der Waals surface area contributed by atoms with Crippen LogP contribution in [0.1, 0.15) is 30.1 Å². The Kier molecular flexibility index (Phi) is 3.25. The van der Waals surface area contributed by atoms with Gasteiger partial charge in [-0.05, 0) is 43.7 Å². The van der Waals surface area contributed by atoms with Crippen molar-refractivity contribution in [1.29, 1.82) is 0 Å². The van der Waals surface area contributed by atoms with E-state index in [-0.39, 0.29) is 6.04 Å². The molecule has 0 spiro atoms. The molecule has 1 fully saturated rings. The number of hydrogen-bond donors (Lipinski definition) is 1. The molecule has 1 atom stereocenters. The van der Waals surface area contributed by atoms with Gasteiger partial charge in [-0.15, -0.1) is 0 Å². The highest BCUT2D eigenvalue weighted by Crippen LogP contribution is 2.28. The molecule has 0 radical (unpaired) electrons. The van der Waals surface area contributed by atoms with Crippen LogP contribution in [0.2, 0.25) is 0 Å². The molecule has 0 amide bonds. The van der Waals surface area contributed by atoms with Gasteiger partial charge < -0.3 is 10.1 Å². The van der Waals surface area contributed by atoms with Crippen molar-refractivity contribution in [1.82, 2.24) is 15.1 Å². The lowest BCUT2D eigenvalue weighted by molar-refractivity contribution is 0.303. The lowest BCUT2D eigenvalue weighted by atomic mass is 10.0. The molecule has 1 aliphatic rings. The van der Waals surface area contributed by atoms with E-state index in [1.807, 2.05) is 43.2 Å². The van der Waals surface area contributed by atoms with Crippen molar-refractivity contribution < 1.29 is 4.74 Å². The highest BCUT2D eigenvalue weighted by Gasteiger charge is 2.23. The standard InChI is InChI=1S/C15H19N3O/c1-16-15(14-9-10-17-18(14)2)11-3-5-12(6-4-11)19-13-7-8-13/h3-6,9-10,13,15-16H,7-8H2,1-2H3. The molecule has 3 rings (SSSR count). The highest BCUT2D eigenvalue weighted by atomic mass is 16.5. The molecule has 4 nitrogen and oxygen atoms in total. The van der Waals surface area contributed by atoms with Gasteiger partial charge in [0, 0.05) is 13.2 Å². The van der Waals surface area contributed by atoms with Gasteiger partial charge in [-0.2, -0.15) is 5.10 Å². The second-order valence-corrected chi connectivity index (χ2v) is 4.99. The first kappa shape index (κ1) is 12.2. The number of ether oxygens (including phenoxy) is 1. The van der Waals surface area contributed by atoms with E-state index < -0.39 is 0 Å². The summed E-state index contributed by atoms with van der Waals surface area (Å²) in [6, 6.07) is 10.5. The molecule has 4 heteroatoms. The fraction of sp³-hybridized carbons (Fsp3) is 0.400. The molecule has 0 bridgehead atoms. The molecular weight excluding hydrogens is 238 g/mol. The van der Waals surface area contributed by atoms with Crippen LogP contribution in [0.25, 0.3) is 0 Å². The normalized spacial score (nSPS) is 16.3.